The summed E-state index contributed by atoms with van der Waals surface area (Å²) in [7, 11) is 0. The summed E-state index contributed by atoms with van der Waals surface area (Å²) in [6, 6.07) is 2.36. The second kappa shape index (κ2) is 6.79. The van der Waals surface area contributed by atoms with E-state index in [0.717, 1.165) is 6.42 Å². The topological polar surface area (TPSA) is 81.8 Å². The van der Waals surface area contributed by atoms with E-state index in [9.17, 15) is 15.2 Å². The number of ether oxygens (including phenoxy) is 2. The van der Waals surface area contributed by atoms with E-state index in [2.05, 4.69) is 0 Å². The average molecular weight is 336 g/mol. The minimum Gasteiger partial charge on any atom is -0.484 e. The second-order valence-corrected chi connectivity index (χ2v) is 5.60. The van der Waals surface area contributed by atoms with Crippen molar-refractivity contribution in [3.63, 3.8) is 0 Å². The Balaban J connectivity index is 2.11. The second-order valence-electron chi connectivity index (χ2n) is 4.79. The number of aliphatic hydroxyl groups is 1. The number of nitro groups is 1. The first-order valence-corrected chi connectivity index (χ1v) is 7.29. The molecule has 0 bridgehead atoms. The lowest BCUT2D eigenvalue weighted by molar-refractivity contribution is -0.384. The molecule has 1 fully saturated rings. The Bertz CT molecular complexity index is 516. The Morgan fingerprint density at radius 3 is 2.52 bits per heavy atom. The number of hydrogen-bond donors (Lipinski definition) is 1. The third-order valence-corrected chi connectivity index (χ3v) is 3.76. The maximum absolute atomic E-state index is 10.7. The van der Waals surface area contributed by atoms with Crippen molar-refractivity contribution >= 4 is 28.9 Å². The van der Waals surface area contributed by atoms with Gasteiger partial charge in [-0.1, -0.05) is 30.1 Å². The van der Waals surface area contributed by atoms with Crippen LogP contribution in [0.2, 0.25) is 10.0 Å². The summed E-state index contributed by atoms with van der Waals surface area (Å²) < 4.78 is 11.2. The number of benzene rings is 1. The van der Waals surface area contributed by atoms with Crippen molar-refractivity contribution in [2.24, 2.45) is 0 Å². The van der Waals surface area contributed by atoms with Crippen molar-refractivity contribution in [3.8, 4) is 5.75 Å². The van der Waals surface area contributed by atoms with Gasteiger partial charge in [-0.05, 0) is 6.42 Å². The van der Waals surface area contributed by atoms with Crippen LogP contribution in [0.1, 0.15) is 19.8 Å². The zero-order valence-electron chi connectivity index (χ0n) is 11.3. The van der Waals surface area contributed by atoms with Crippen LogP contribution in [0.25, 0.3) is 0 Å². The number of non-ortho nitro benzene ring substituents is 1. The first kappa shape index (κ1) is 16.3. The van der Waals surface area contributed by atoms with Crippen LogP contribution in [-0.4, -0.2) is 34.9 Å². The summed E-state index contributed by atoms with van der Waals surface area (Å²) >= 11 is 12.0. The smallest absolute Gasteiger partial charge is 0.272 e. The fourth-order valence-corrected chi connectivity index (χ4v) is 2.63. The number of rotatable bonds is 6. The molecular formula is C13H15Cl2NO5. The van der Waals surface area contributed by atoms with E-state index in [1.54, 1.807) is 0 Å². The van der Waals surface area contributed by atoms with Gasteiger partial charge in [0, 0.05) is 25.2 Å². The van der Waals surface area contributed by atoms with E-state index in [1.165, 1.54) is 12.1 Å². The van der Waals surface area contributed by atoms with E-state index in [1.807, 2.05) is 6.92 Å². The zero-order valence-corrected chi connectivity index (χ0v) is 12.8. The maximum Gasteiger partial charge on any atom is 0.272 e. The molecule has 0 amide bonds. The summed E-state index contributed by atoms with van der Waals surface area (Å²) in [5, 5.41) is 20.5. The molecule has 3 atom stereocenters. The molecule has 3 unspecified atom stereocenters. The van der Waals surface area contributed by atoms with Crippen molar-refractivity contribution in [1.29, 1.82) is 0 Å². The molecule has 6 nitrogen and oxygen atoms in total. The number of hydrogen-bond acceptors (Lipinski definition) is 5. The monoisotopic (exact) mass is 335 g/mol. The lowest BCUT2D eigenvalue weighted by Gasteiger charge is -2.41. The Morgan fingerprint density at radius 2 is 2.05 bits per heavy atom. The molecule has 1 saturated carbocycles. The van der Waals surface area contributed by atoms with Gasteiger partial charge >= 0.3 is 0 Å². The predicted octanol–water partition coefficient (Wildman–Crippen LogP) is 3.21. The largest absolute Gasteiger partial charge is 0.484 e. The summed E-state index contributed by atoms with van der Waals surface area (Å²) in [5.41, 5.74) is -0.204. The molecule has 2 rings (SSSR count). The highest BCUT2D eigenvalue weighted by Gasteiger charge is 2.43. The van der Waals surface area contributed by atoms with E-state index in [4.69, 9.17) is 32.7 Å². The molecule has 1 N–H and O–H groups in total. The SMILES string of the molecule is CCCOC1C(O)CC1Oc1c(Cl)cc([N+](=O)[O-])cc1Cl. The van der Waals surface area contributed by atoms with Gasteiger partial charge in [0.15, 0.2) is 5.75 Å². The Kier molecular flexibility index (Phi) is 5.27. The van der Waals surface area contributed by atoms with Crippen LogP contribution >= 0.6 is 23.2 Å². The van der Waals surface area contributed by atoms with Crippen LogP contribution in [0, 0.1) is 10.1 Å². The van der Waals surface area contributed by atoms with Crippen molar-refractivity contribution in [2.75, 3.05) is 6.61 Å². The molecule has 0 heterocycles. The van der Waals surface area contributed by atoms with Gasteiger partial charge in [-0.3, -0.25) is 10.1 Å². The van der Waals surface area contributed by atoms with Gasteiger partial charge in [0.1, 0.15) is 12.2 Å². The van der Waals surface area contributed by atoms with E-state index in [-0.39, 0.29) is 27.6 Å². The highest BCUT2D eigenvalue weighted by molar-refractivity contribution is 6.37. The van der Waals surface area contributed by atoms with Gasteiger partial charge in [-0.2, -0.15) is 0 Å². The minimum atomic E-state index is -0.586. The molecule has 1 aliphatic carbocycles. The van der Waals surface area contributed by atoms with E-state index < -0.39 is 17.1 Å². The molecule has 1 aromatic rings. The Hall–Kier alpha value is -1.08. The molecule has 8 heteroatoms. The standard InChI is InChI=1S/C13H15Cl2NO5/c1-2-3-20-13-10(17)6-11(13)21-12-8(14)4-7(16(18)19)5-9(12)15/h4-5,10-11,13,17H,2-3,6H2,1H3. The summed E-state index contributed by atoms with van der Waals surface area (Å²) in [4.78, 5) is 10.1. The van der Waals surface area contributed by atoms with Crippen molar-refractivity contribution in [3.05, 3.63) is 32.3 Å². The predicted molar refractivity (Wildman–Crippen MR) is 78.2 cm³/mol. The Morgan fingerprint density at radius 1 is 1.43 bits per heavy atom. The van der Waals surface area contributed by atoms with Crippen LogP contribution in [0.4, 0.5) is 5.69 Å². The zero-order chi connectivity index (χ0) is 15.6. The summed E-state index contributed by atoms with van der Waals surface area (Å²) in [6.45, 7) is 2.48. The molecule has 0 radical (unpaired) electrons. The molecule has 1 aliphatic rings. The highest BCUT2D eigenvalue weighted by atomic mass is 35.5. The van der Waals surface area contributed by atoms with Crippen LogP contribution < -0.4 is 4.74 Å². The van der Waals surface area contributed by atoms with Gasteiger partial charge < -0.3 is 14.6 Å². The summed E-state index contributed by atoms with van der Waals surface area (Å²) in [6.07, 6.45) is -0.167. The number of halogens is 2. The average Bonchev–Trinajstić information content (AvgIpc) is 2.41. The van der Waals surface area contributed by atoms with E-state index >= 15 is 0 Å². The number of aliphatic hydroxyl groups excluding tert-OH is 1. The van der Waals surface area contributed by atoms with E-state index in [0.29, 0.717) is 13.0 Å². The van der Waals surface area contributed by atoms with Crippen LogP contribution in [0.3, 0.4) is 0 Å². The maximum atomic E-state index is 10.7. The third-order valence-electron chi connectivity index (χ3n) is 3.20. The molecular weight excluding hydrogens is 321 g/mol. The molecule has 0 aromatic heterocycles. The molecule has 0 aliphatic heterocycles. The lowest BCUT2D eigenvalue weighted by atomic mass is 9.88. The van der Waals surface area contributed by atoms with Crippen molar-refractivity contribution in [1.82, 2.24) is 0 Å². The first-order valence-electron chi connectivity index (χ1n) is 6.53. The van der Waals surface area contributed by atoms with Gasteiger partial charge in [-0.25, -0.2) is 0 Å². The summed E-state index contributed by atoms with van der Waals surface area (Å²) in [5.74, 6) is 0.172. The lowest BCUT2D eigenvalue weighted by Crippen LogP contribution is -2.55. The molecule has 116 valence electrons. The fraction of sp³-hybridized carbons (Fsp3) is 0.538. The quantitative estimate of drug-likeness (QED) is 0.637. The Labute approximate surface area is 131 Å². The van der Waals surface area contributed by atoms with Gasteiger partial charge in [0.25, 0.3) is 5.69 Å². The van der Waals surface area contributed by atoms with Crippen molar-refractivity contribution in [2.45, 2.75) is 38.1 Å². The van der Waals surface area contributed by atoms with Crippen LogP contribution in [0.5, 0.6) is 5.75 Å². The third kappa shape index (κ3) is 3.58. The van der Waals surface area contributed by atoms with Gasteiger partial charge in [0.2, 0.25) is 0 Å². The number of nitrogens with zero attached hydrogens (tertiary/aromatic N) is 1. The van der Waals surface area contributed by atoms with Crippen LogP contribution in [-0.2, 0) is 4.74 Å². The molecule has 0 spiro atoms. The van der Waals surface area contributed by atoms with Crippen LogP contribution in [0.15, 0.2) is 12.1 Å². The molecule has 21 heavy (non-hydrogen) atoms. The first-order chi connectivity index (χ1) is 9.93. The fourth-order valence-electron chi connectivity index (χ4n) is 2.06. The van der Waals surface area contributed by atoms with Gasteiger partial charge in [0.05, 0.1) is 21.1 Å². The van der Waals surface area contributed by atoms with Gasteiger partial charge in [-0.15, -0.1) is 0 Å². The minimum absolute atomic E-state index is 0.0600. The normalized spacial score (nSPS) is 24.5. The highest BCUT2D eigenvalue weighted by Crippen LogP contribution is 2.40. The molecule has 1 aromatic carbocycles. The number of nitro benzene ring substituents is 1. The van der Waals surface area contributed by atoms with Crippen molar-refractivity contribution < 1.29 is 19.5 Å². The molecule has 0 saturated heterocycles.